The molecule has 0 aliphatic rings. The largest absolute Gasteiger partial charge is 0.462 e. The Morgan fingerprint density at radius 1 is 1.24 bits per heavy atom. The van der Waals surface area contributed by atoms with Gasteiger partial charge in [-0.1, -0.05) is 26.0 Å². The lowest BCUT2D eigenvalue weighted by Gasteiger charge is -2.08. The molecule has 0 spiro atoms. The second-order valence-corrected chi connectivity index (χ2v) is 5.78. The summed E-state index contributed by atoms with van der Waals surface area (Å²) in [6.07, 6.45) is 0.703. The zero-order valence-corrected chi connectivity index (χ0v) is 10.8. The molecule has 94 valence electrons. The number of ether oxygens (including phenoxy) is 1. The smallest absolute Gasteiger partial charge is 0.339 e. The fourth-order valence-corrected chi connectivity index (χ4v) is 2.42. The maximum Gasteiger partial charge on any atom is 0.339 e. The molecule has 0 heterocycles. The molecule has 17 heavy (non-hydrogen) atoms. The van der Waals surface area contributed by atoms with E-state index in [-0.39, 0.29) is 16.2 Å². The molecular formula is C12H16O4S. The molecule has 0 N–H and O–H groups in total. The van der Waals surface area contributed by atoms with E-state index >= 15 is 0 Å². The Morgan fingerprint density at radius 3 is 2.47 bits per heavy atom. The molecule has 5 heteroatoms. The minimum Gasteiger partial charge on any atom is -0.462 e. The van der Waals surface area contributed by atoms with Crippen LogP contribution in [0.4, 0.5) is 0 Å². The third kappa shape index (κ3) is 3.30. The van der Waals surface area contributed by atoms with E-state index in [0.717, 1.165) is 0 Å². The monoisotopic (exact) mass is 256 g/mol. The number of carbonyl (C=O) groups excluding carboxylic acids is 1. The molecule has 0 unspecified atom stereocenters. The molecule has 0 fully saturated rings. The van der Waals surface area contributed by atoms with Crippen LogP contribution in [0.1, 0.15) is 30.6 Å². The second kappa shape index (κ2) is 5.82. The first kappa shape index (κ1) is 13.7. The maximum absolute atomic E-state index is 11.8. The molecule has 0 radical (unpaired) electrons. The van der Waals surface area contributed by atoms with Crippen molar-refractivity contribution in [3.63, 3.8) is 0 Å². The van der Waals surface area contributed by atoms with Crippen molar-refractivity contribution in [2.75, 3.05) is 12.4 Å². The van der Waals surface area contributed by atoms with E-state index in [4.69, 9.17) is 4.74 Å². The van der Waals surface area contributed by atoms with Crippen molar-refractivity contribution in [1.29, 1.82) is 0 Å². The van der Waals surface area contributed by atoms with Gasteiger partial charge in [0.15, 0.2) is 9.84 Å². The number of rotatable bonds is 5. The topological polar surface area (TPSA) is 60.4 Å². The third-order valence-corrected chi connectivity index (χ3v) is 4.05. The normalized spacial score (nSPS) is 11.2. The SMILES string of the molecule is CCCOC(=O)c1ccccc1S(=O)(=O)CC. The third-order valence-electron chi connectivity index (χ3n) is 2.26. The minimum absolute atomic E-state index is 0.0366. The Kier molecular flexibility index (Phi) is 4.69. The summed E-state index contributed by atoms with van der Waals surface area (Å²) in [6.45, 7) is 3.71. The standard InChI is InChI=1S/C12H16O4S/c1-3-9-16-12(13)10-7-5-6-8-11(10)17(14,15)4-2/h5-8H,3-4,9H2,1-2H3. The molecule has 0 amide bonds. The molecule has 1 aromatic carbocycles. The van der Waals surface area contributed by atoms with Gasteiger partial charge in [-0.15, -0.1) is 0 Å². The average Bonchev–Trinajstić information content (AvgIpc) is 2.36. The van der Waals surface area contributed by atoms with Crippen LogP contribution in [0.3, 0.4) is 0 Å². The lowest BCUT2D eigenvalue weighted by molar-refractivity contribution is 0.0500. The highest BCUT2D eigenvalue weighted by atomic mass is 32.2. The van der Waals surface area contributed by atoms with Crippen molar-refractivity contribution < 1.29 is 17.9 Å². The summed E-state index contributed by atoms with van der Waals surface area (Å²) in [7, 11) is -3.40. The molecule has 0 saturated carbocycles. The van der Waals surface area contributed by atoms with E-state index in [1.54, 1.807) is 19.1 Å². The van der Waals surface area contributed by atoms with E-state index in [0.29, 0.717) is 13.0 Å². The summed E-state index contributed by atoms with van der Waals surface area (Å²) in [5.74, 6) is -0.620. The molecule has 1 aromatic rings. The van der Waals surface area contributed by atoms with E-state index in [1.807, 2.05) is 6.92 Å². The van der Waals surface area contributed by atoms with E-state index in [2.05, 4.69) is 0 Å². The van der Waals surface area contributed by atoms with E-state index in [9.17, 15) is 13.2 Å². The van der Waals surface area contributed by atoms with Crippen molar-refractivity contribution in [3.8, 4) is 0 Å². The highest BCUT2D eigenvalue weighted by molar-refractivity contribution is 7.91. The lowest BCUT2D eigenvalue weighted by Crippen LogP contribution is -2.13. The molecule has 0 aromatic heterocycles. The quantitative estimate of drug-likeness (QED) is 0.756. The van der Waals surface area contributed by atoms with Crippen molar-refractivity contribution in [1.82, 2.24) is 0 Å². The van der Waals surface area contributed by atoms with Gasteiger partial charge >= 0.3 is 5.97 Å². The van der Waals surface area contributed by atoms with Crippen molar-refractivity contribution >= 4 is 15.8 Å². The summed E-state index contributed by atoms with van der Waals surface area (Å²) in [4.78, 5) is 11.7. The van der Waals surface area contributed by atoms with Gasteiger partial charge in [-0.3, -0.25) is 0 Å². The van der Waals surface area contributed by atoms with Crippen LogP contribution < -0.4 is 0 Å². The van der Waals surface area contributed by atoms with Crippen LogP contribution in [0.5, 0.6) is 0 Å². The van der Waals surface area contributed by atoms with Crippen LogP contribution in [0.25, 0.3) is 0 Å². The Hall–Kier alpha value is -1.36. The second-order valence-electron chi connectivity index (χ2n) is 3.54. The van der Waals surface area contributed by atoms with Gasteiger partial charge in [-0.05, 0) is 18.6 Å². The Bertz CT molecular complexity index is 491. The number of benzene rings is 1. The van der Waals surface area contributed by atoms with Gasteiger partial charge in [0.2, 0.25) is 0 Å². The van der Waals surface area contributed by atoms with Crippen LogP contribution in [-0.4, -0.2) is 26.7 Å². The Morgan fingerprint density at radius 2 is 1.88 bits per heavy atom. The highest BCUT2D eigenvalue weighted by Crippen LogP contribution is 2.17. The van der Waals surface area contributed by atoms with Gasteiger partial charge in [0.05, 0.1) is 22.8 Å². The van der Waals surface area contributed by atoms with Crippen molar-refractivity contribution in [2.45, 2.75) is 25.2 Å². The van der Waals surface area contributed by atoms with Gasteiger partial charge < -0.3 is 4.74 Å². The van der Waals surface area contributed by atoms with Gasteiger partial charge in [0, 0.05) is 0 Å². The predicted octanol–water partition coefficient (Wildman–Crippen LogP) is 2.05. The van der Waals surface area contributed by atoms with Gasteiger partial charge in [0.25, 0.3) is 0 Å². The number of hydrogen-bond donors (Lipinski definition) is 0. The van der Waals surface area contributed by atoms with E-state index < -0.39 is 15.8 Å². The Labute approximate surface area is 102 Å². The van der Waals surface area contributed by atoms with Crippen LogP contribution in [-0.2, 0) is 14.6 Å². The first-order valence-electron chi connectivity index (χ1n) is 5.51. The minimum atomic E-state index is -3.40. The zero-order valence-electron chi connectivity index (χ0n) is 9.97. The number of sulfone groups is 1. The number of carbonyl (C=O) groups is 1. The summed E-state index contributed by atoms with van der Waals surface area (Å²) in [5, 5.41) is 0. The highest BCUT2D eigenvalue weighted by Gasteiger charge is 2.21. The molecule has 1 rings (SSSR count). The van der Waals surface area contributed by atoms with Crippen LogP contribution in [0, 0.1) is 0 Å². The predicted molar refractivity (Wildman–Crippen MR) is 64.7 cm³/mol. The van der Waals surface area contributed by atoms with Gasteiger partial charge in [0.1, 0.15) is 0 Å². The zero-order chi connectivity index (χ0) is 12.9. The fraction of sp³-hybridized carbons (Fsp3) is 0.417. The summed E-state index contributed by atoms with van der Waals surface area (Å²) < 4.78 is 28.5. The molecule has 0 aliphatic carbocycles. The molecule has 0 bridgehead atoms. The van der Waals surface area contributed by atoms with Crippen LogP contribution in [0.15, 0.2) is 29.2 Å². The lowest BCUT2D eigenvalue weighted by atomic mass is 10.2. The molecule has 0 saturated heterocycles. The molecular weight excluding hydrogens is 240 g/mol. The van der Waals surface area contributed by atoms with Crippen LogP contribution in [0.2, 0.25) is 0 Å². The van der Waals surface area contributed by atoms with Crippen molar-refractivity contribution in [2.24, 2.45) is 0 Å². The fourth-order valence-electron chi connectivity index (χ4n) is 1.33. The molecule has 0 aliphatic heterocycles. The number of esters is 1. The van der Waals surface area contributed by atoms with Crippen LogP contribution >= 0.6 is 0 Å². The molecule has 0 atom stereocenters. The van der Waals surface area contributed by atoms with Gasteiger partial charge in [-0.25, -0.2) is 13.2 Å². The average molecular weight is 256 g/mol. The Balaban J connectivity index is 3.13. The van der Waals surface area contributed by atoms with Gasteiger partial charge in [-0.2, -0.15) is 0 Å². The first-order valence-corrected chi connectivity index (χ1v) is 7.17. The maximum atomic E-state index is 11.8. The van der Waals surface area contributed by atoms with Crippen molar-refractivity contribution in [3.05, 3.63) is 29.8 Å². The summed E-state index contributed by atoms with van der Waals surface area (Å²) in [5.41, 5.74) is 0.114. The number of hydrogen-bond acceptors (Lipinski definition) is 4. The summed E-state index contributed by atoms with van der Waals surface area (Å²) in [6, 6.07) is 6.12. The first-order chi connectivity index (χ1) is 8.03. The summed E-state index contributed by atoms with van der Waals surface area (Å²) >= 11 is 0. The molecule has 4 nitrogen and oxygen atoms in total. The van der Waals surface area contributed by atoms with E-state index in [1.165, 1.54) is 12.1 Å².